The Morgan fingerprint density at radius 3 is 1.96 bits per heavy atom. The maximum Gasteiger partial charge on any atom is 0.130 e. The van der Waals surface area contributed by atoms with Gasteiger partial charge in [0.05, 0.1) is 7.11 Å². The molecule has 0 amide bonds. The zero-order valence-electron chi connectivity index (χ0n) is 13.9. The number of rotatable bonds is 4. The van der Waals surface area contributed by atoms with Gasteiger partial charge in [-0.3, -0.25) is 0 Å². The summed E-state index contributed by atoms with van der Waals surface area (Å²) in [6.07, 6.45) is 0.892. The summed E-state index contributed by atoms with van der Waals surface area (Å²) in [5.41, 5.74) is 7.03. The molecule has 0 atom stereocenters. The van der Waals surface area contributed by atoms with E-state index in [0.29, 0.717) is 0 Å². The van der Waals surface area contributed by atoms with Crippen LogP contribution in [0, 0.1) is 13.0 Å². The predicted octanol–water partition coefficient (Wildman–Crippen LogP) is 5.70. The Hall–Kier alpha value is -2.54. The molecule has 3 rings (SSSR count). The summed E-state index contributed by atoms with van der Waals surface area (Å²) >= 11 is 0. The standard InChI is InChI=1S/C22H21O/c1-4-17-15-20(18-11-7-5-8-12-18)16(2)21(22(17)23-3)19-13-9-6-10-14-19/h5-14H,4H2,1-3H3. The Morgan fingerprint density at radius 2 is 1.43 bits per heavy atom. The molecule has 0 spiro atoms. The second-order valence-corrected chi connectivity index (χ2v) is 5.60. The van der Waals surface area contributed by atoms with Gasteiger partial charge in [0.1, 0.15) is 5.75 Å². The van der Waals surface area contributed by atoms with E-state index in [2.05, 4.69) is 68.4 Å². The number of benzene rings is 3. The summed E-state index contributed by atoms with van der Waals surface area (Å²) in [6, 6.07) is 24.5. The van der Waals surface area contributed by atoms with Gasteiger partial charge in [0.25, 0.3) is 0 Å². The molecule has 0 N–H and O–H groups in total. The van der Waals surface area contributed by atoms with Gasteiger partial charge >= 0.3 is 0 Å². The Labute approximate surface area is 138 Å². The fraction of sp³-hybridized carbons (Fsp3) is 0.182. The lowest BCUT2D eigenvalue weighted by Gasteiger charge is -2.19. The third-order valence-corrected chi connectivity index (χ3v) is 4.21. The SMILES string of the molecule is CCc1[c]c(-c2ccccc2)c(C)c(-c2ccccc2)c1OC. The highest BCUT2D eigenvalue weighted by molar-refractivity contribution is 5.83. The highest BCUT2D eigenvalue weighted by Gasteiger charge is 2.18. The van der Waals surface area contributed by atoms with Crippen molar-refractivity contribution in [3.63, 3.8) is 0 Å². The molecule has 0 aliphatic carbocycles. The summed E-state index contributed by atoms with van der Waals surface area (Å²) in [5.74, 6) is 0.941. The van der Waals surface area contributed by atoms with E-state index >= 15 is 0 Å². The molecule has 1 radical (unpaired) electrons. The predicted molar refractivity (Wildman–Crippen MR) is 96.8 cm³/mol. The molecular formula is C22H21O. The van der Waals surface area contributed by atoms with E-state index in [-0.39, 0.29) is 0 Å². The lowest BCUT2D eigenvalue weighted by atomic mass is 9.88. The van der Waals surface area contributed by atoms with Crippen LogP contribution in [-0.2, 0) is 6.42 Å². The molecule has 0 unspecified atom stereocenters. The van der Waals surface area contributed by atoms with Crippen LogP contribution in [0.15, 0.2) is 60.7 Å². The molecule has 0 aliphatic heterocycles. The van der Waals surface area contributed by atoms with Crippen LogP contribution < -0.4 is 4.74 Å². The van der Waals surface area contributed by atoms with Crippen LogP contribution in [0.1, 0.15) is 18.1 Å². The summed E-state index contributed by atoms with van der Waals surface area (Å²) in [6.45, 7) is 4.30. The van der Waals surface area contributed by atoms with Gasteiger partial charge in [-0.15, -0.1) is 0 Å². The lowest BCUT2D eigenvalue weighted by molar-refractivity contribution is 0.411. The quantitative estimate of drug-likeness (QED) is 0.600. The average molecular weight is 301 g/mol. The Bertz CT molecular complexity index is 789. The zero-order chi connectivity index (χ0) is 16.2. The van der Waals surface area contributed by atoms with E-state index in [4.69, 9.17) is 4.74 Å². The number of aryl methyl sites for hydroxylation is 1. The first kappa shape index (κ1) is 15.4. The summed E-state index contributed by atoms with van der Waals surface area (Å²) in [5, 5.41) is 0. The minimum atomic E-state index is 0.892. The Balaban J connectivity index is 2.33. The van der Waals surface area contributed by atoms with Gasteiger partial charge < -0.3 is 4.74 Å². The van der Waals surface area contributed by atoms with Crippen molar-refractivity contribution in [2.45, 2.75) is 20.3 Å². The first-order chi connectivity index (χ1) is 11.3. The van der Waals surface area contributed by atoms with Crippen LogP contribution in [-0.4, -0.2) is 7.11 Å². The third-order valence-electron chi connectivity index (χ3n) is 4.21. The molecule has 115 valence electrons. The van der Waals surface area contributed by atoms with E-state index < -0.39 is 0 Å². The normalized spacial score (nSPS) is 10.6. The molecule has 23 heavy (non-hydrogen) atoms. The van der Waals surface area contributed by atoms with E-state index in [0.717, 1.165) is 23.3 Å². The molecule has 1 heteroatoms. The maximum atomic E-state index is 5.76. The Morgan fingerprint density at radius 1 is 0.870 bits per heavy atom. The largest absolute Gasteiger partial charge is 0.496 e. The molecule has 0 heterocycles. The van der Waals surface area contributed by atoms with Gasteiger partial charge in [0.15, 0.2) is 0 Å². The van der Waals surface area contributed by atoms with Crippen molar-refractivity contribution in [2.24, 2.45) is 0 Å². The van der Waals surface area contributed by atoms with Crippen LogP contribution in [0.4, 0.5) is 0 Å². The van der Waals surface area contributed by atoms with E-state index in [1.165, 1.54) is 22.3 Å². The number of hydrogen-bond acceptors (Lipinski definition) is 1. The van der Waals surface area contributed by atoms with Crippen molar-refractivity contribution in [1.29, 1.82) is 0 Å². The molecule has 0 aliphatic rings. The zero-order valence-corrected chi connectivity index (χ0v) is 13.9. The minimum Gasteiger partial charge on any atom is -0.496 e. The molecule has 0 bridgehead atoms. The van der Waals surface area contributed by atoms with Crippen LogP contribution >= 0.6 is 0 Å². The smallest absolute Gasteiger partial charge is 0.130 e. The van der Waals surface area contributed by atoms with Crippen molar-refractivity contribution >= 4 is 0 Å². The molecule has 3 aromatic rings. The topological polar surface area (TPSA) is 9.23 Å². The van der Waals surface area contributed by atoms with Gasteiger partial charge in [0, 0.05) is 11.1 Å². The summed E-state index contributed by atoms with van der Waals surface area (Å²) in [4.78, 5) is 0. The van der Waals surface area contributed by atoms with Crippen LogP contribution in [0.25, 0.3) is 22.3 Å². The first-order valence-electron chi connectivity index (χ1n) is 7.99. The number of hydrogen-bond donors (Lipinski definition) is 0. The maximum absolute atomic E-state index is 5.76. The molecule has 0 aromatic heterocycles. The molecular weight excluding hydrogens is 280 g/mol. The lowest BCUT2D eigenvalue weighted by Crippen LogP contribution is -1.99. The Kier molecular flexibility index (Phi) is 4.47. The van der Waals surface area contributed by atoms with Gasteiger partial charge in [-0.1, -0.05) is 67.6 Å². The first-order valence-corrected chi connectivity index (χ1v) is 7.99. The van der Waals surface area contributed by atoms with Crippen molar-refractivity contribution in [1.82, 2.24) is 0 Å². The van der Waals surface area contributed by atoms with Crippen LogP contribution in [0.3, 0.4) is 0 Å². The molecule has 0 fully saturated rings. The van der Waals surface area contributed by atoms with E-state index in [1.54, 1.807) is 7.11 Å². The number of ether oxygens (including phenoxy) is 1. The summed E-state index contributed by atoms with van der Waals surface area (Å²) < 4.78 is 5.76. The minimum absolute atomic E-state index is 0.892. The van der Waals surface area contributed by atoms with Crippen LogP contribution in [0.2, 0.25) is 0 Å². The molecule has 0 saturated heterocycles. The summed E-state index contributed by atoms with van der Waals surface area (Å²) in [7, 11) is 1.75. The van der Waals surface area contributed by atoms with Crippen molar-refractivity contribution in [3.8, 4) is 28.0 Å². The number of methoxy groups -OCH3 is 1. The fourth-order valence-electron chi connectivity index (χ4n) is 3.07. The van der Waals surface area contributed by atoms with Crippen molar-refractivity contribution in [2.75, 3.05) is 7.11 Å². The molecule has 0 saturated carbocycles. The van der Waals surface area contributed by atoms with Gasteiger partial charge in [-0.05, 0) is 41.7 Å². The highest BCUT2D eigenvalue weighted by Crippen LogP contribution is 2.41. The van der Waals surface area contributed by atoms with E-state index in [9.17, 15) is 0 Å². The highest BCUT2D eigenvalue weighted by atomic mass is 16.5. The van der Waals surface area contributed by atoms with E-state index in [1.807, 2.05) is 12.1 Å². The van der Waals surface area contributed by atoms with Gasteiger partial charge in [0.2, 0.25) is 0 Å². The fourth-order valence-corrected chi connectivity index (χ4v) is 3.07. The molecule has 1 nitrogen and oxygen atoms in total. The van der Waals surface area contributed by atoms with Crippen molar-refractivity contribution in [3.05, 3.63) is 77.9 Å². The van der Waals surface area contributed by atoms with Crippen LogP contribution in [0.5, 0.6) is 5.75 Å². The monoisotopic (exact) mass is 301 g/mol. The second kappa shape index (κ2) is 6.70. The second-order valence-electron chi connectivity index (χ2n) is 5.60. The third kappa shape index (κ3) is 2.87. The van der Waals surface area contributed by atoms with Crippen molar-refractivity contribution < 1.29 is 4.74 Å². The van der Waals surface area contributed by atoms with Gasteiger partial charge in [-0.25, -0.2) is 0 Å². The van der Waals surface area contributed by atoms with Gasteiger partial charge in [-0.2, -0.15) is 0 Å². The molecule has 3 aromatic carbocycles. The average Bonchev–Trinajstić information content (AvgIpc) is 2.62.